The number of aryl methyl sites for hydroxylation is 1. The van der Waals surface area contributed by atoms with Crippen LogP contribution in [0.25, 0.3) is 0 Å². The maximum atomic E-state index is 5.86. The highest BCUT2D eigenvalue weighted by Crippen LogP contribution is 2.16. The lowest BCUT2D eigenvalue weighted by Gasteiger charge is -2.22. The molecule has 5 heteroatoms. The third kappa shape index (κ3) is 5.64. The molecule has 0 unspecified atom stereocenters. The summed E-state index contributed by atoms with van der Waals surface area (Å²) in [6.07, 6.45) is 3.22. The second kappa shape index (κ2) is 8.97. The van der Waals surface area contributed by atoms with Crippen molar-refractivity contribution in [2.24, 2.45) is 0 Å². The van der Waals surface area contributed by atoms with E-state index >= 15 is 0 Å². The fourth-order valence-electron chi connectivity index (χ4n) is 1.71. The molecule has 0 fully saturated rings. The Labute approximate surface area is 121 Å². The van der Waals surface area contributed by atoms with E-state index in [0.717, 1.165) is 44.0 Å². The summed E-state index contributed by atoms with van der Waals surface area (Å²) in [6.45, 7) is 8.59. The topological polar surface area (TPSA) is 38.2 Å². The van der Waals surface area contributed by atoms with E-state index in [4.69, 9.17) is 16.3 Å². The van der Waals surface area contributed by atoms with Crippen molar-refractivity contribution in [3.63, 3.8) is 0 Å². The van der Waals surface area contributed by atoms with Crippen LogP contribution in [0.3, 0.4) is 0 Å². The first kappa shape index (κ1) is 16.0. The first-order valence-corrected chi connectivity index (χ1v) is 7.54. The smallest absolute Gasteiger partial charge is 0.228 e. The summed E-state index contributed by atoms with van der Waals surface area (Å²) in [5.74, 6) is 1.95. The Morgan fingerprint density at radius 1 is 1.21 bits per heavy atom. The molecule has 0 aliphatic carbocycles. The molecule has 0 atom stereocenters. The number of rotatable bonds is 9. The van der Waals surface area contributed by atoms with Gasteiger partial charge in [-0.25, -0.2) is 4.98 Å². The van der Waals surface area contributed by atoms with Gasteiger partial charge in [-0.2, -0.15) is 4.98 Å². The number of anilines is 1. The molecule has 108 valence electrons. The van der Waals surface area contributed by atoms with E-state index in [9.17, 15) is 0 Å². The second-order valence-electron chi connectivity index (χ2n) is 4.53. The van der Waals surface area contributed by atoms with Crippen molar-refractivity contribution in [2.45, 2.75) is 40.0 Å². The monoisotopic (exact) mass is 285 g/mol. The molecule has 19 heavy (non-hydrogen) atoms. The standard InChI is InChI=1S/C14H24ClN3O/c1-4-6-8-18(9-7-15)14-16-12(3)11-13(17-14)19-10-5-2/h11H,4-10H2,1-3H3. The average Bonchev–Trinajstić information content (AvgIpc) is 2.40. The maximum absolute atomic E-state index is 5.86. The SMILES string of the molecule is CCCCN(CCCl)c1nc(C)cc(OCCC)n1. The van der Waals surface area contributed by atoms with Crippen LogP contribution >= 0.6 is 11.6 Å². The Hall–Kier alpha value is -1.03. The van der Waals surface area contributed by atoms with Crippen molar-refractivity contribution >= 4 is 17.5 Å². The Morgan fingerprint density at radius 3 is 2.63 bits per heavy atom. The molecule has 0 aliphatic rings. The molecule has 1 heterocycles. The van der Waals surface area contributed by atoms with E-state index < -0.39 is 0 Å². The van der Waals surface area contributed by atoms with Crippen molar-refractivity contribution in [3.05, 3.63) is 11.8 Å². The Kier molecular flexibility index (Phi) is 7.56. The molecule has 1 aromatic rings. The van der Waals surface area contributed by atoms with Crippen LogP contribution in [-0.4, -0.2) is 35.5 Å². The van der Waals surface area contributed by atoms with Crippen LogP contribution in [0.15, 0.2) is 6.07 Å². The molecule has 0 bridgehead atoms. The summed E-state index contributed by atoms with van der Waals surface area (Å²) in [4.78, 5) is 11.1. The van der Waals surface area contributed by atoms with Gasteiger partial charge in [-0.1, -0.05) is 20.3 Å². The molecule has 0 spiro atoms. The van der Waals surface area contributed by atoms with Gasteiger partial charge in [-0.05, 0) is 19.8 Å². The number of unbranched alkanes of at least 4 members (excludes halogenated alkanes) is 1. The van der Waals surface area contributed by atoms with Gasteiger partial charge in [-0.3, -0.25) is 0 Å². The molecule has 0 saturated carbocycles. The lowest BCUT2D eigenvalue weighted by molar-refractivity contribution is 0.304. The van der Waals surface area contributed by atoms with Gasteiger partial charge < -0.3 is 9.64 Å². The Bertz CT molecular complexity index is 374. The van der Waals surface area contributed by atoms with Crippen LogP contribution in [0.2, 0.25) is 0 Å². The molecule has 0 amide bonds. The summed E-state index contributed by atoms with van der Waals surface area (Å²) >= 11 is 5.86. The summed E-state index contributed by atoms with van der Waals surface area (Å²) in [5.41, 5.74) is 0.923. The normalized spacial score (nSPS) is 10.5. The fourth-order valence-corrected chi connectivity index (χ4v) is 1.91. The summed E-state index contributed by atoms with van der Waals surface area (Å²) in [6, 6.07) is 1.87. The summed E-state index contributed by atoms with van der Waals surface area (Å²) < 4.78 is 5.60. The van der Waals surface area contributed by atoms with Crippen LogP contribution in [-0.2, 0) is 0 Å². The number of alkyl halides is 1. The minimum Gasteiger partial charge on any atom is -0.478 e. The van der Waals surface area contributed by atoms with Crippen molar-refractivity contribution < 1.29 is 4.74 Å². The second-order valence-corrected chi connectivity index (χ2v) is 4.90. The van der Waals surface area contributed by atoms with E-state index in [1.165, 1.54) is 0 Å². The van der Waals surface area contributed by atoms with Gasteiger partial charge >= 0.3 is 0 Å². The lowest BCUT2D eigenvalue weighted by atomic mass is 10.3. The highest BCUT2D eigenvalue weighted by molar-refractivity contribution is 6.18. The predicted molar refractivity (Wildman–Crippen MR) is 80.4 cm³/mol. The third-order valence-corrected chi connectivity index (χ3v) is 2.86. The van der Waals surface area contributed by atoms with Crippen molar-refractivity contribution in [1.82, 2.24) is 9.97 Å². The zero-order valence-corrected chi connectivity index (χ0v) is 12.9. The zero-order chi connectivity index (χ0) is 14.1. The molecular weight excluding hydrogens is 262 g/mol. The van der Waals surface area contributed by atoms with Crippen LogP contribution in [0.5, 0.6) is 5.88 Å². The molecule has 0 radical (unpaired) electrons. The van der Waals surface area contributed by atoms with Gasteiger partial charge in [0, 0.05) is 30.7 Å². The van der Waals surface area contributed by atoms with Gasteiger partial charge in [0.1, 0.15) is 0 Å². The van der Waals surface area contributed by atoms with Gasteiger partial charge in [0.05, 0.1) is 6.61 Å². The van der Waals surface area contributed by atoms with Crippen LogP contribution in [0.4, 0.5) is 5.95 Å². The van der Waals surface area contributed by atoms with Gasteiger partial charge in [0.2, 0.25) is 11.8 Å². The number of ether oxygens (including phenoxy) is 1. The van der Waals surface area contributed by atoms with E-state index in [0.29, 0.717) is 18.4 Å². The molecule has 0 N–H and O–H groups in total. The first-order valence-electron chi connectivity index (χ1n) is 7.00. The Balaban J connectivity index is 2.84. The van der Waals surface area contributed by atoms with E-state index in [1.807, 2.05) is 13.0 Å². The van der Waals surface area contributed by atoms with Crippen molar-refractivity contribution in [3.8, 4) is 5.88 Å². The van der Waals surface area contributed by atoms with E-state index in [-0.39, 0.29) is 0 Å². The van der Waals surface area contributed by atoms with Crippen LogP contribution < -0.4 is 9.64 Å². The highest BCUT2D eigenvalue weighted by atomic mass is 35.5. The number of hydrogen-bond donors (Lipinski definition) is 0. The molecular formula is C14H24ClN3O. The molecule has 1 rings (SSSR count). The van der Waals surface area contributed by atoms with E-state index in [2.05, 4.69) is 28.7 Å². The molecule has 0 aliphatic heterocycles. The highest BCUT2D eigenvalue weighted by Gasteiger charge is 2.11. The molecule has 0 saturated heterocycles. The number of halogens is 1. The quantitative estimate of drug-likeness (QED) is 0.652. The molecule has 0 aromatic carbocycles. The fraction of sp³-hybridized carbons (Fsp3) is 0.714. The van der Waals surface area contributed by atoms with Crippen LogP contribution in [0.1, 0.15) is 38.8 Å². The number of aromatic nitrogens is 2. The number of nitrogens with zero attached hydrogens (tertiary/aromatic N) is 3. The minimum absolute atomic E-state index is 0.576. The number of hydrogen-bond acceptors (Lipinski definition) is 4. The summed E-state index contributed by atoms with van der Waals surface area (Å²) in [5, 5.41) is 0. The molecule has 4 nitrogen and oxygen atoms in total. The van der Waals surface area contributed by atoms with E-state index in [1.54, 1.807) is 0 Å². The molecule has 1 aromatic heterocycles. The van der Waals surface area contributed by atoms with Crippen molar-refractivity contribution in [2.75, 3.05) is 30.5 Å². The lowest BCUT2D eigenvalue weighted by Crippen LogP contribution is -2.28. The first-order chi connectivity index (χ1) is 9.21. The zero-order valence-electron chi connectivity index (χ0n) is 12.2. The Morgan fingerprint density at radius 2 is 2.00 bits per heavy atom. The van der Waals surface area contributed by atoms with Gasteiger partial charge in [0.15, 0.2) is 0 Å². The minimum atomic E-state index is 0.576. The van der Waals surface area contributed by atoms with Gasteiger partial charge in [0.25, 0.3) is 0 Å². The average molecular weight is 286 g/mol. The summed E-state index contributed by atoms with van der Waals surface area (Å²) in [7, 11) is 0. The van der Waals surface area contributed by atoms with Crippen LogP contribution in [0, 0.1) is 6.92 Å². The van der Waals surface area contributed by atoms with Crippen molar-refractivity contribution in [1.29, 1.82) is 0 Å². The predicted octanol–water partition coefficient (Wildman–Crippen LogP) is 3.42. The maximum Gasteiger partial charge on any atom is 0.228 e. The van der Waals surface area contributed by atoms with Gasteiger partial charge in [-0.15, -0.1) is 11.6 Å². The third-order valence-electron chi connectivity index (χ3n) is 2.69. The largest absolute Gasteiger partial charge is 0.478 e.